The summed E-state index contributed by atoms with van der Waals surface area (Å²) >= 11 is 6.83. The number of aliphatic hydroxyl groups is 1. The number of halogens is 3. The summed E-state index contributed by atoms with van der Waals surface area (Å²) in [5.74, 6) is -1.77. The Morgan fingerprint density at radius 2 is 1.80 bits per heavy atom. The molecule has 12 heteroatoms. The van der Waals surface area contributed by atoms with E-state index < -0.39 is 29.2 Å². The molecule has 2 heterocycles. The number of carbonyl (C=O) groups is 1. The van der Waals surface area contributed by atoms with Gasteiger partial charge in [0.15, 0.2) is 0 Å². The summed E-state index contributed by atoms with van der Waals surface area (Å²) in [5.41, 5.74) is 1.49. The van der Waals surface area contributed by atoms with Crippen LogP contribution in [0.15, 0.2) is 53.5 Å². The van der Waals surface area contributed by atoms with E-state index in [4.69, 9.17) is 16.3 Å². The number of nitrogens with one attached hydrogen (secondary N) is 2. The highest BCUT2D eigenvalue weighted by atomic mass is 35.5. The monoisotopic (exact) mass is 623 g/mol. The van der Waals surface area contributed by atoms with Crippen molar-refractivity contribution in [3.8, 4) is 28.3 Å². The smallest absolute Gasteiger partial charge is 0.279 e. The number of aromatic nitrogens is 3. The van der Waals surface area contributed by atoms with Gasteiger partial charge in [-0.15, -0.1) is 0 Å². The second kappa shape index (κ2) is 13.2. The van der Waals surface area contributed by atoms with Crippen molar-refractivity contribution in [2.24, 2.45) is 7.05 Å². The number of hydrogen-bond acceptors (Lipinski definition) is 7. The molecule has 1 unspecified atom stereocenters. The summed E-state index contributed by atoms with van der Waals surface area (Å²) < 4.78 is 36.5. The van der Waals surface area contributed by atoms with Crippen LogP contribution < -0.4 is 20.9 Å². The molecule has 0 aliphatic heterocycles. The molecule has 0 spiro atoms. The fraction of sp³-hybridized carbons (Fsp3) is 0.312. The number of benzene rings is 2. The van der Waals surface area contributed by atoms with Crippen LogP contribution in [0.2, 0.25) is 5.02 Å². The minimum absolute atomic E-state index is 0.0207. The van der Waals surface area contributed by atoms with Gasteiger partial charge < -0.3 is 20.5 Å². The lowest BCUT2D eigenvalue weighted by atomic mass is 9.92. The second-order valence-electron chi connectivity index (χ2n) is 10.8. The third kappa shape index (κ3) is 6.50. The maximum atomic E-state index is 15.1. The molecular formula is C32H32ClF2N5O4. The molecule has 3 N–H and O–H groups in total. The molecule has 44 heavy (non-hydrogen) atoms. The fourth-order valence-corrected chi connectivity index (χ4v) is 5.76. The van der Waals surface area contributed by atoms with E-state index in [1.54, 1.807) is 19.1 Å². The number of aryl methyl sites for hydroxylation is 1. The fourth-order valence-electron chi connectivity index (χ4n) is 5.45. The summed E-state index contributed by atoms with van der Waals surface area (Å²) in [6, 6.07) is 9.47. The molecule has 0 saturated heterocycles. The minimum Gasteiger partial charge on any atom is -0.481 e. The predicted molar refractivity (Wildman–Crippen MR) is 164 cm³/mol. The molecule has 4 aromatic rings. The van der Waals surface area contributed by atoms with E-state index in [2.05, 4.69) is 20.7 Å². The summed E-state index contributed by atoms with van der Waals surface area (Å²) in [6.45, 7) is 2.05. The molecule has 0 radical (unpaired) electrons. The first-order valence-corrected chi connectivity index (χ1v) is 14.5. The van der Waals surface area contributed by atoms with Crippen LogP contribution in [0.3, 0.4) is 0 Å². The van der Waals surface area contributed by atoms with Gasteiger partial charge in [0.25, 0.3) is 11.5 Å². The van der Waals surface area contributed by atoms with E-state index in [1.165, 1.54) is 44.6 Å². The molecular weight excluding hydrogens is 592 g/mol. The molecule has 2 aromatic carbocycles. The number of rotatable bonds is 8. The van der Waals surface area contributed by atoms with E-state index in [0.29, 0.717) is 23.7 Å². The SMILES string of the molecule is COc1nc(-c2cc(F)cc(-c3cc(F)cc(NC(=O)c4ccnn(C)c4=O)c3C)c2Cl)ccc1CNC1CCCC[C@@H]1O. The average molecular weight is 624 g/mol. The first-order chi connectivity index (χ1) is 21.1. The number of amides is 1. The Bertz CT molecular complexity index is 1780. The van der Waals surface area contributed by atoms with E-state index in [-0.39, 0.29) is 39.0 Å². The first kappa shape index (κ1) is 31.2. The lowest BCUT2D eigenvalue weighted by Crippen LogP contribution is -2.41. The van der Waals surface area contributed by atoms with Crippen molar-refractivity contribution in [1.82, 2.24) is 20.1 Å². The van der Waals surface area contributed by atoms with Crippen LogP contribution in [0, 0.1) is 18.6 Å². The van der Waals surface area contributed by atoms with Gasteiger partial charge in [-0.05, 0) is 67.3 Å². The van der Waals surface area contributed by atoms with Gasteiger partial charge in [-0.2, -0.15) is 5.10 Å². The number of aliphatic hydroxyl groups excluding tert-OH is 1. The molecule has 9 nitrogen and oxygen atoms in total. The van der Waals surface area contributed by atoms with Gasteiger partial charge in [0.1, 0.15) is 17.2 Å². The van der Waals surface area contributed by atoms with Gasteiger partial charge in [-0.25, -0.2) is 18.4 Å². The molecule has 0 bridgehead atoms. The molecule has 1 amide bonds. The summed E-state index contributed by atoms with van der Waals surface area (Å²) in [7, 11) is 2.89. The normalized spacial score (nSPS) is 16.5. The Labute approximate surface area is 257 Å². The summed E-state index contributed by atoms with van der Waals surface area (Å²) in [4.78, 5) is 29.8. The molecule has 1 aliphatic carbocycles. The number of carbonyl (C=O) groups excluding carboxylic acids is 1. The van der Waals surface area contributed by atoms with Gasteiger partial charge in [0.2, 0.25) is 5.88 Å². The summed E-state index contributed by atoms with van der Waals surface area (Å²) in [5, 5.41) is 20.2. The van der Waals surface area contributed by atoms with Crippen molar-refractivity contribution in [2.75, 3.05) is 12.4 Å². The highest BCUT2D eigenvalue weighted by Gasteiger charge is 2.24. The van der Waals surface area contributed by atoms with E-state index in [0.717, 1.165) is 42.0 Å². The topological polar surface area (TPSA) is 118 Å². The predicted octanol–water partition coefficient (Wildman–Crippen LogP) is 5.40. The van der Waals surface area contributed by atoms with Crippen LogP contribution in [0.5, 0.6) is 5.88 Å². The first-order valence-electron chi connectivity index (χ1n) is 14.2. The van der Waals surface area contributed by atoms with Crippen molar-refractivity contribution in [1.29, 1.82) is 0 Å². The quantitative estimate of drug-likeness (QED) is 0.240. The number of methoxy groups -OCH3 is 1. The molecule has 1 fully saturated rings. The van der Waals surface area contributed by atoms with Gasteiger partial charge in [-0.3, -0.25) is 9.59 Å². The van der Waals surface area contributed by atoms with Crippen molar-refractivity contribution >= 4 is 23.2 Å². The molecule has 5 rings (SSSR count). The third-order valence-electron chi connectivity index (χ3n) is 7.89. The number of nitrogens with zero attached hydrogens (tertiary/aromatic N) is 3. The van der Waals surface area contributed by atoms with Crippen LogP contribution in [-0.4, -0.2) is 45.0 Å². The largest absolute Gasteiger partial charge is 0.481 e. The van der Waals surface area contributed by atoms with Crippen LogP contribution in [0.25, 0.3) is 22.4 Å². The molecule has 2 atom stereocenters. The van der Waals surface area contributed by atoms with Gasteiger partial charge in [0.05, 0.1) is 23.9 Å². The Morgan fingerprint density at radius 3 is 2.55 bits per heavy atom. The lowest BCUT2D eigenvalue weighted by molar-refractivity contribution is 0.0901. The number of pyridine rings is 1. The maximum absolute atomic E-state index is 15.1. The zero-order chi connectivity index (χ0) is 31.5. The summed E-state index contributed by atoms with van der Waals surface area (Å²) in [6.07, 6.45) is 4.59. The maximum Gasteiger partial charge on any atom is 0.279 e. The van der Waals surface area contributed by atoms with Crippen molar-refractivity contribution < 1.29 is 23.4 Å². The zero-order valence-electron chi connectivity index (χ0n) is 24.5. The van der Waals surface area contributed by atoms with E-state index in [9.17, 15) is 19.1 Å². The van der Waals surface area contributed by atoms with E-state index >= 15 is 4.39 Å². The number of anilines is 1. The molecule has 230 valence electrons. The Morgan fingerprint density at radius 1 is 1.09 bits per heavy atom. The average Bonchev–Trinajstić information content (AvgIpc) is 3.00. The second-order valence-corrected chi connectivity index (χ2v) is 11.2. The Hall–Kier alpha value is -4.19. The van der Waals surface area contributed by atoms with Crippen molar-refractivity contribution in [3.05, 3.63) is 92.4 Å². The van der Waals surface area contributed by atoms with Crippen LogP contribution >= 0.6 is 11.6 Å². The highest BCUT2D eigenvalue weighted by molar-refractivity contribution is 6.36. The highest BCUT2D eigenvalue weighted by Crippen LogP contribution is 2.40. The van der Waals surface area contributed by atoms with Gasteiger partial charge in [-0.1, -0.05) is 30.5 Å². The molecule has 2 aromatic heterocycles. The number of ether oxygens (including phenoxy) is 1. The minimum atomic E-state index is -0.748. The zero-order valence-corrected chi connectivity index (χ0v) is 25.2. The van der Waals surface area contributed by atoms with Gasteiger partial charge >= 0.3 is 0 Å². The molecule has 1 aliphatic rings. The molecule has 1 saturated carbocycles. The van der Waals surface area contributed by atoms with E-state index in [1.807, 2.05) is 0 Å². The van der Waals surface area contributed by atoms with Crippen molar-refractivity contribution in [2.45, 2.75) is 51.3 Å². The third-order valence-corrected chi connectivity index (χ3v) is 8.30. The lowest BCUT2D eigenvalue weighted by Gasteiger charge is -2.28. The van der Waals surface area contributed by atoms with Crippen LogP contribution in [0.1, 0.15) is 47.2 Å². The van der Waals surface area contributed by atoms with Crippen molar-refractivity contribution in [3.63, 3.8) is 0 Å². The van der Waals surface area contributed by atoms with Crippen LogP contribution in [-0.2, 0) is 13.6 Å². The van der Waals surface area contributed by atoms with Gasteiger partial charge in [0, 0.05) is 48.2 Å². The Balaban J connectivity index is 1.48. The standard InChI is InChI=1S/C32H32ClF2N5O4/c1-17-22(12-20(35)15-27(17)38-30(42)21-10-11-37-40(2)32(21)43)23-13-19(34)14-24(29(23)33)25-9-8-18(31(39-25)44-3)16-36-26-6-4-5-7-28(26)41/h8-15,26,28,36,41H,4-7,16H2,1-3H3,(H,38,42)/t26?,28-/m0/s1. The number of hydrogen-bond donors (Lipinski definition) is 3. The van der Waals surface area contributed by atoms with Crippen LogP contribution in [0.4, 0.5) is 14.5 Å². The Kier molecular flexibility index (Phi) is 9.38.